The van der Waals surface area contributed by atoms with Gasteiger partial charge in [0.2, 0.25) is 0 Å². The maximum Gasteiger partial charge on any atom is 0.318 e. The number of carbonyl (C=O) groups is 2. The molecule has 114 valence electrons. The van der Waals surface area contributed by atoms with E-state index in [1.165, 1.54) is 14.2 Å². The Bertz CT molecular complexity index is 686. The topological polar surface area (TPSA) is 79.5 Å². The number of nitrogens with one attached hydrogen (secondary N) is 3. The number of rotatable bonds is 4. The molecule has 2 rings (SSSR count). The number of carbonyl (C=O) groups excluding carboxylic acids is 2. The van der Waals surface area contributed by atoms with Gasteiger partial charge >= 0.3 is 6.03 Å². The highest BCUT2D eigenvalue weighted by Crippen LogP contribution is 2.20. The molecule has 0 heterocycles. The summed E-state index contributed by atoms with van der Waals surface area (Å²) in [6.45, 7) is 0. The molecule has 6 nitrogen and oxygen atoms in total. The smallest absolute Gasteiger partial charge is 0.318 e. The van der Waals surface area contributed by atoms with Crippen LogP contribution in [0.1, 0.15) is 10.4 Å². The molecule has 0 aromatic heterocycles. The van der Waals surface area contributed by atoms with E-state index in [1.807, 2.05) is 0 Å². The molecule has 3 N–H and O–H groups in total. The molecule has 0 saturated heterocycles. The van der Waals surface area contributed by atoms with Crippen molar-refractivity contribution in [3.8, 4) is 5.75 Å². The molecule has 0 spiro atoms. The first-order valence-corrected chi connectivity index (χ1v) is 6.67. The molecule has 0 aliphatic heterocycles. The molecule has 22 heavy (non-hydrogen) atoms. The zero-order valence-electron chi connectivity index (χ0n) is 12.3. The van der Waals surface area contributed by atoms with Crippen LogP contribution in [0.2, 0.25) is 0 Å². The highest BCUT2D eigenvalue weighted by molar-refractivity contribution is 6.06. The van der Waals surface area contributed by atoms with E-state index in [1.54, 1.807) is 48.5 Å². The molecule has 3 amide bonds. The first-order valence-electron chi connectivity index (χ1n) is 6.67. The molecular weight excluding hydrogens is 282 g/mol. The molecule has 0 fully saturated rings. The summed E-state index contributed by atoms with van der Waals surface area (Å²) in [6.07, 6.45) is 0. The van der Waals surface area contributed by atoms with Crippen molar-refractivity contribution in [1.82, 2.24) is 5.32 Å². The number of amides is 3. The Kier molecular flexibility index (Phi) is 4.98. The molecule has 2 aromatic rings. The van der Waals surface area contributed by atoms with Crippen molar-refractivity contribution >= 4 is 23.3 Å². The van der Waals surface area contributed by atoms with Gasteiger partial charge in [-0.05, 0) is 30.3 Å². The third-order valence-electron chi connectivity index (χ3n) is 2.96. The summed E-state index contributed by atoms with van der Waals surface area (Å²) in [5.41, 5.74) is 1.59. The number of ether oxygens (including phenoxy) is 1. The number of hydrogen-bond donors (Lipinski definition) is 3. The number of benzene rings is 2. The van der Waals surface area contributed by atoms with E-state index < -0.39 is 0 Å². The summed E-state index contributed by atoms with van der Waals surface area (Å²) in [6, 6.07) is 13.5. The van der Waals surface area contributed by atoms with Crippen LogP contribution in [0.4, 0.5) is 16.2 Å². The normalized spacial score (nSPS) is 9.73. The average Bonchev–Trinajstić information content (AvgIpc) is 2.55. The minimum absolute atomic E-state index is 0.283. The van der Waals surface area contributed by atoms with Crippen molar-refractivity contribution in [2.75, 3.05) is 24.8 Å². The van der Waals surface area contributed by atoms with Gasteiger partial charge in [0.25, 0.3) is 5.91 Å². The largest absolute Gasteiger partial charge is 0.496 e. The summed E-state index contributed by atoms with van der Waals surface area (Å²) in [4.78, 5) is 23.6. The molecule has 0 aliphatic carbocycles. The first kappa shape index (κ1) is 15.4. The SMILES string of the molecule is CNC(=O)Nc1cccc(NC(=O)c2ccccc2OC)c1. The van der Waals surface area contributed by atoms with E-state index in [-0.39, 0.29) is 11.9 Å². The number of para-hydroxylation sites is 1. The van der Waals surface area contributed by atoms with Gasteiger partial charge in [0.1, 0.15) is 5.75 Å². The van der Waals surface area contributed by atoms with Crippen molar-refractivity contribution in [1.29, 1.82) is 0 Å². The van der Waals surface area contributed by atoms with Gasteiger partial charge in [-0.25, -0.2) is 4.79 Å². The summed E-state index contributed by atoms with van der Waals surface area (Å²) in [7, 11) is 3.04. The van der Waals surface area contributed by atoms with Crippen LogP contribution in [0.15, 0.2) is 48.5 Å². The molecular formula is C16H17N3O3. The molecule has 0 bridgehead atoms. The molecule has 0 saturated carbocycles. The lowest BCUT2D eigenvalue weighted by molar-refractivity contribution is 0.102. The van der Waals surface area contributed by atoms with Gasteiger partial charge in [-0.15, -0.1) is 0 Å². The quantitative estimate of drug-likeness (QED) is 0.812. The van der Waals surface area contributed by atoms with E-state index in [0.29, 0.717) is 22.7 Å². The van der Waals surface area contributed by atoms with Crippen LogP contribution in [-0.2, 0) is 0 Å². The molecule has 6 heteroatoms. The van der Waals surface area contributed by atoms with Crippen LogP contribution in [0.25, 0.3) is 0 Å². The van der Waals surface area contributed by atoms with Gasteiger partial charge in [0.05, 0.1) is 12.7 Å². The Balaban J connectivity index is 2.15. The van der Waals surface area contributed by atoms with Crippen molar-refractivity contribution < 1.29 is 14.3 Å². The average molecular weight is 299 g/mol. The summed E-state index contributed by atoms with van der Waals surface area (Å²) in [5.74, 6) is 0.217. The van der Waals surface area contributed by atoms with Gasteiger partial charge < -0.3 is 20.7 Å². The van der Waals surface area contributed by atoms with Crippen LogP contribution in [0, 0.1) is 0 Å². The Morgan fingerprint density at radius 1 is 0.955 bits per heavy atom. The fraction of sp³-hybridized carbons (Fsp3) is 0.125. The van der Waals surface area contributed by atoms with E-state index in [2.05, 4.69) is 16.0 Å². The van der Waals surface area contributed by atoms with Gasteiger partial charge in [-0.1, -0.05) is 18.2 Å². The van der Waals surface area contributed by atoms with Crippen LogP contribution in [0.3, 0.4) is 0 Å². The van der Waals surface area contributed by atoms with Gasteiger partial charge in [0, 0.05) is 18.4 Å². The highest BCUT2D eigenvalue weighted by Gasteiger charge is 2.11. The molecule has 0 atom stereocenters. The zero-order chi connectivity index (χ0) is 15.9. The van der Waals surface area contributed by atoms with Crippen LogP contribution in [0.5, 0.6) is 5.75 Å². The molecule has 0 aliphatic rings. The summed E-state index contributed by atoms with van der Waals surface area (Å²) < 4.78 is 5.17. The fourth-order valence-electron chi connectivity index (χ4n) is 1.90. The Morgan fingerprint density at radius 2 is 1.64 bits per heavy atom. The maximum absolute atomic E-state index is 12.3. The van der Waals surface area contributed by atoms with E-state index in [9.17, 15) is 9.59 Å². The minimum Gasteiger partial charge on any atom is -0.496 e. The number of anilines is 2. The van der Waals surface area contributed by atoms with Crippen molar-refractivity contribution in [3.05, 3.63) is 54.1 Å². The van der Waals surface area contributed by atoms with E-state index >= 15 is 0 Å². The van der Waals surface area contributed by atoms with Crippen LogP contribution >= 0.6 is 0 Å². The van der Waals surface area contributed by atoms with Crippen molar-refractivity contribution in [3.63, 3.8) is 0 Å². The van der Waals surface area contributed by atoms with Crippen molar-refractivity contribution in [2.24, 2.45) is 0 Å². The van der Waals surface area contributed by atoms with Gasteiger partial charge in [0.15, 0.2) is 0 Å². The first-order chi connectivity index (χ1) is 10.6. The Hall–Kier alpha value is -3.02. The van der Waals surface area contributed by atoms with Crippen LogP contribution < -0.4 is 20.7 Å². The van der Waals surface area contributed by atoms with E-state index in [4.69, 9.17) is 4.74 Å². The monoisotopic (exact) mass is 299 g/mol. The minimum atomic E-state index is -0.326. The Labute approximate surface area is 128 Å². The Morgan fingerprint density at radius 3 is 2.32 bits per heavy atom. The lowest BCUT2D eigenvalue weighted by Crippen LogP contribution is -2.24. The second-order valence-electron chi connectivity index (χ2n) is 4.44. The lowest BCUT2D eigenvalue weighted by Gasteiger charge is -2.10. The summed E-state index contributed by atoms with van der Waals surface area (Å²) in [5, 5.41) is 7.88. The molecule has 2 aromatic carbocycles. The van der Waals surface area contributed by atoms with Gasteiger partial charge in [-0.2, -0.15) is 0 Å². The summed E-state index contributed by atoms with van der Waals surface area (Å²) >= 11 is 0. The number of hydrogen-bond acceptors (Lipinski definition) is 3. The third kappa shape index (κ3) is 3.76. The fourth-order valence-corrected chi connectivity index (χ4v) is 1.90. The highest BCUT2D eigenvalue weighted by atomic mass is 16.5. The van der Waals surface area contributed by atoms with Crippen LogP contribution in [-0.4, -0.2) is 26.1 Å². The van der Waals surface area contributed by atoms with Gasteiger partial charge in [-0.3, -0.25) is 4.79 Å². The molecule has 0 unspecified atom stereocenters. The predicted octanol–water partition coefficient (Wildman–Crippen LogP) is 2.70. The molecule has 0 radical (unpaired) electrons. The standard InChI is InChI=1S/C16H17N3O3/c1-17-16(21)19-12-7-5-6-11(10-12)18-15(20)13-8-3-4-9-14(13)22-2/h3-10H,1-2H3,(H,18,20)(H2,17,19,21). The van der Waals surface area contributed by atoms with Crippen molar-refractivity contribution in [2.45, 2.75) is 0 Å². The zero-order valence-corrected chi connectivity index (χ0v) is 12.3. The van der Waals surface area contributed by atoms with E-state index in [0.717, 1.165) is 0 Å². The lowest BCUT2D eigenvalue weighted by atomic mass is 10.2. The second-order valence-corrected chi connectivity index (χ2v) is 4.44. The number of methoxy groups -OCH3 is 1. The predicted molar refractivity (Wildman–Crippen MR) is 85.5 cm³/mol. The second kappa shape index (κ2) is 7.12. The number of urea groups is 1. The maximum atomic E-state index is 12.3. The third-order valence-corrected chi connectivity index (χ3v) is 2.96.